The van der Waals surface area contributed by atoms with Gasteiger partial charge >= 0.3 is 0 Å². The van der Waals surface area contributed by atoms with Crippen molar-refractivity contribution in [1.29, 1.82) is 0 Å². The Labute approximate surface area is 168 Å². The highest BCUT2D eigenvalue weighted by Crippen LogP contribution is 2.30. The highest BCUT2D eigenvalue weighted by Gasteiger charge is 2.31. The third kappa shape index (κ3) is 3.19. The highest BCUT2D eigenvalue weighted by molar-refractivity contribution is 5.80. The van der Waals surface area contributed by atoms with Crippen LogP contribution < -0.4 is 10.1 Å². The fourth-order valence-electron chi connectivity index (χ4n) is 4.14. The molecule has 3 aromatic rings. The summed E-state index contributed by atoms with van der Waals surface area (Å²) in [4.78, 5) is 19.0. The summed E-state index contributed by atoms with van der Waals surface area (Å²) in [7, 11) is 0. The number of aryl methyl sites for hydroxylation is 1. The number of aromatic nitrogens is 3. The van der Waals surface area contributed by atoms with Gasteiger partial charge in [0.15, 0.2) is 5.65 Å². The molecule has 29 heavy (non-hydrogen) atoms. The Morgan fingerprint density at radius 3 is 3.10 bits per heavy atom. The van der Waals surface area contributed by atoms with Crippen LogP contribution in [-0.2, 0) is 11.4 Å². The van der Waals surface area contributed by atoms with E-state index >= 15 is 0 Å². The first-order valence-corrected chi connectivity index (χ1v) is 9.88. The van der Waals surface area contributed by atoms with E-state index in [1.165, 1.54) is 0 Å². The fraction of sp³-hybridized carbons (Fsp3) is 0.381. The summed E-state index contributed by atoms with van der Waals surface area (Å²) >= 11 is 0. The van der Waals surface area contributed by atoms with Gasteiger partial charge in [-0.3, -0.25) is 4.79 Å². The van der Waals surface area contributed by atoms with Crippen LogP contribution in [0.25, 0.3) is 16.8 Å². The zero-order valence-corrected chi connectivity index (χ0v) is 16.3. The molecule has 150 valence electrons. The molecule has 2 aromatic heterocycles. The lowest BCUT2D eigenvalue weighted by atomic mass is 10.0. The number of anilines is 1. The molecular formula is C21H23N5O3. The summed E-state index contributed by atoms with van der Waals surface area (Å²) in [5, 5.41) is 17.6. The Balaban J connectivity index is 1.64. The third-order valence-corrected chi connectivity index (χ3v) is 5.66. The van der Waals surface area contributed by atoms with Crippen molar-refractivity contribution in [3.63, 3.8) is 0 Å². The van der Waals surface area contributed by atoms with Gasteiger partial charge in [-0.1, -0.05) is 0 Å². The van der Waals surface area contributed by atoms with Gasteiger partial charge in [0.05, 0.1) is 18.8 Å². The van der Waals surface area contributed by atoms with Gasteiger partial charge in [0.1, 0.15) is 6.61 Å². The molecule has 4 bridgehead atoms. The van der Waals surface area contributed by atoms with Crippen LogP contribution in [0, 0.1) is 6.92 Å². The molecule has 8 nitrogen and oxygen atoms in total. The minimum Gasteiger partial charge on any atom is -0.475 e. The zero-order chi connectivity index (χ0) is 20.0. The zero-order valence-electron chi connectivity index (χ0n) is 16.3. The average molecular weight is 393 g/mol. The van der Waals surface area contributed by atoms with Gasteiger partial charge in [0.25, 0.3) is 0 Å². The second-order valence-corrected chi connectivity index (χ2v) is 7.65. The molecule has 0 spiro atoms. The maximum Gasteiger partial charge on any atom is 0.223 e. The van der Waals surface area contributed by atoms with Gasteiger partial charge < -0.3 is 20.1 Å². The normalized spacial score (nSPS) is 19.0. The molecule has 0 aliphatic carbocycles. The third-order valence-electron chi connectivity index (χ3n) is 5.66. The Morgan fingerprint density at radius 1 is 1.34 bits per heavy atom. The van der Waals surface area contributed by atoms with E-state index in [0.717, 1.165) is 34.4 Å². The molecule has 0 radical (unpaired) electrons. The molecule has 1 atom stereocenters. The largest absolute Gasteiger partial charge is 0.475 e. The minimum absolute atomic E-state index is 0.0494. The summed E-state index contributed by atoms with van der Waals surface area (Å²) in [5.41, 5.74) is 5.08. The lowest BCUT2D eigenvalue weighted by molar-refractivity contribution is -0.129. The van der Waals surface area contributed by atoms with Gasteiger partial charge in [-0.25, -0.2) is 4.52 Å². The number of benzene rings is 1. The van der Waals surface area contributed by atoms with Crippen molar-refractivity contribution in [3.05, 3.63) is 41.7 Å². The Morgan fingerprint density at radius 2 is 2.24 bits per heavy atom. The fourth-order valence-corrected chi connectivity index (χ4v) is 4.14. The van der Waals surface area contributed by atoms with Crippen LogP contribution in [-0.4, -0.2) is 56.2 Å². The first kappa shape index (κ1) is 17.9. The molecule has 4 heterocycles. The van der Waals surface area contributed by atoms with Crippen molar-refractivity contribution in [1.82, 2.24) is 19.5 Å². The van der Waals surface area contributed by atoms with Gasteiger partial charge in [0, 0.05) is 42.5 Å². The number of carbonyl (C=O) groups is 1. The second-order valence-electron chi connectivity index (χ2n) is 7.65. The Bertz CT molecular complexity index is 1090. The quantitative estimate of drug-likeness (QED) is 0.657. The number of fused-ring (bicyclic) bond motifs is 5. The summed E-state index contributed by atoms with van der Waals surface area (Å²) in [6, 6.07) is 5.94. The van der Waals surface area contributed by atoms with E-state index in [1.54, 1.807) is 10.7 Å². The molecule has 1 saturated heterocycles. The van der Waals surface area contributed by atoms with Gasteiger partial charge in [-0.05, 0) is 42.7 Å². The lowest BCUT2D eigenvalue weighted by Crippen LogP contribution is -2.40. The predicted molar refractivity (Wildman–Crippen MR) is 108 cm³/mol. The number of hydrogen-bond acceptors (Lipinski definition) is 6. The van der Waals surface area contributed by atoms with E-state index in [0.29, 0.717) is 37.6 Å². The highest BCUT2D eigenvalue weighted by atomic mass is 16.5. The molecular weight excluding hydrogens is 370 g/mol. The first-order chi connectivity index (χ1) is 14.1. The number of aliphatic hydroxyl groups excluding tert-OH is 1. The van der Waals surface area contributed by atoms with Crippen molar-refractivity contribution in [2.75, 3.05) is 25.0 Å². The molecule has 8 heteroatoms. The second kappa shape index (κ2) is 7.04. The van der Waals surface area contributed by atoms with Crippen LogP contribution in [0.1, 0.15) is 24.0 Å². The molecule has 2 aliphatic heterocycles. The molecule has 0 saturated carbocycles. The standard InChI is InChI=1S/C21H23N5O3/c1-13-10-26-20-18(9-23-26)15-6-14(11-27)7-16(8-15)22-4-5-25-17(2-3-19(25)28)12-29-21(13)24-20/h6-10,17,22,27H,2-5,11-12H2,1H3. The SMILES string of the molecule is Cc1cn2ncc3c2nc1OCC1CCC(=O)N1CCNc1cc(CO)cc-3c1. The number of carbonyl (C=O) groups excluding carboxylic acids is 1. The molecule has 2 aliphatic rings. The molecule has 1 amide bonds. The van der Waals surface area contributed by atoms with Crippen LogP contribution in [0.2, 0.25) is 0 Å². The van der Waals surface area contributed by atoms with Crippen molar-refractivity contribution >= 4 is 17.2 Å². The van der Waals surface area contributed by atoms with E-state index in [1.807, 2.05) is 36.2 Å². The topological polar surface area (TPSA) is 92.0 Å². The van der Waals surface area contributed by atoms with E-state index in [4.69, 9.17) is 9.72 Å². The maximum absolute atomic E-state index is 12.3. The van der Waals surface area contributed by atoms with Crippen LogP contribution >= 0.6 is 0 Å². The van der Waals surface area contributed by atoms with Crippen LogP contribution in [0.15, 0.2) is 30.6 Å². The van der Waals surface area contributed by atoms with Crippen LogP contribution in [0.5, 0.6) is 5.88 Å². The number of nitrogens with one attached hydrogen (secondary N) is 1. The molecule has 1 unspecified atom stereocenters. The van der Waals surface area contributed by atoms with Crippen LogP contribution in [0.4, 0.5) is 5.69 Å². The minimum atomic E-state index is -0.0602. The van der Waals surface area contributed by atoms with E-state index in [2.05, 4.69) is 10.4 Å². The van der Waals surface area contributed by atoms with Gasteiger partial charge in [-0.2, -0.15) is 10.1 Å². The lowest BCUT2D eigenvalue weighted by Gasteiger charge is -2.25. The van der Waals surface area contributed by atoms with E-state index in [9.17, 15) is 9.90 Å². The van der Waals surface area contributed by atoms with Crippen LogP contribution in [0.3, 0.4) is 0 Å². The van der Waals surface area contributed by atoms with Crippen molar-refractivity contribution < 1.29 is 14.6 Å². The number of ether oxygens (including phenoxy) is 1. The Kier molecular flexibility index (Phi) is 4.35. The first-order valence-electron chi connectivity index (χ1n) is 9.88. The molecule has 5 rings (SSSR count). The number of aliphatic hydroxyl groups is 1. The number of amides is 1. The molecule has 1 fully saturated rings. The summed E-state index contributed by atoms with van der Waals surface area (Å²) in [6.45, 7) is 3.55. The number of nitrogens with zero attached hydrogens (tertiary/aromatic N) is 4. The van der Waals surface area contributed by atoms with Gasteiger partial charge in [0.2, 0.25) is 11.8 Å². The van der Waals surface area contributed by atoms with E-state index in [-0.39, 0.29) is 18.6 Å². The van der Waals surface area contributed by atoms with Crippen molar-refractivity contribution in [2.45, 2.75) is 32.4 Å². The summed E-state index contributed by atoms with van der Waals surface area (Å²) in [5.74, 6) is 0.725. The average Bonchev–Trinajstić information content (AvgIpc) is 3.28. The molecule has 2 N–H and O–H groups in total. The Hall–Kier alpha value is -3.13. The van der Waals surface area contributed by atoms with Crippen molar-refractivity contribution in [2.24, 2.45) is 0 Å². The van der Waals surface area contributed by atoms with Crippen molar-refractivity contribution in [3.8, 4) is 17.0 Å². The summed E-state index contributed by atoms with van der Waals surface area (Å²) < 4.78 is 7.81. The predicted octanol–water partition coefficient (Wildman–Crippen LogP) is 1.99. The smallest absolute Gasteiger partial charge is 0.223 e. The molecule has 1 aromatic carbocycles. The van der Waals surface area contributed by atoms with Gasteiger partial charge in [-0.15, -0.1) is 0 Å². The summed E-state index contributed by atoms with van der Waals surface area (Å²) in [6.07, 6.45) is 5.04. The number of hydrogen-bond donors (Lipinski definition) is 2. The monoisotopic (exact) mass is 393 g/mol. The maximum atomic E-state index is 12.3. The number of rotatable bonds is 1. The van der Waals surface area contributed by atoms with E-state index < -0.39 is 0 Å².